The third kappa shape index (κ3) is 2.74. The maximum Gasteiger partial charge on any atom is 0.339 e. The number of nitrogens with zero attached hydrogens (tertiary/aromatic N) is 1. The van der Waals surface area contributed by atoms with E-state index >= 15 is 0 Å². The van der Waals surface area contributed by atoms with Crippen molar-refractivity contribution in [1.82, 2.24) is 4.98 Å². The van der Waals surface area contributed by atoms with Crippen molar-refractivity contribution < 1.29 is 19.4 Å². The molecule has 6 heteroatoms. The largest absolute Gasteiger partial charge is 0.505 e. The van der Waals surface area contributed by atoms with Crippen LogP contribution >= 0.6 is 0 Å². The fourth-order valence-corrected chi connectivity index (χ4v) is 1.65. The molecular weight excluding hydrogens is 260 g/mol. The van der Waals surface area contributed by atoms with Gasteiger partial charge in [-0.25, -0.2) is 4.79 Å². The Balaban J connectivity index is 2.29. The number of anilines is 1. The number of pyridine rings is 1. The third-order valence-corrected chi connectivity index (χ3v) is 2.63. The SMILES string of the molecule is COC(=O)c1ccccc1NC(=O)c1ccncc1O. The average Bonchev–Trinajstić information content (AvgIpc) is 2.47. The number of hydrogen-bond acceptors (Lipinski definition) is 5. The summed E-state index contributed by atoms with van der Waals surface area (Å²) in [6, 6.07) is 7.82. The first kappa shape index (κ1) is 13.5. The number of carbonyl (C=O) groups is 2. The monoisotopic (exact) mass is 272 g/mol. The molecule has 0 spiro atoms. The van der Waals surface area contributed by atoms with Crippen LogP contribution in [0.1, 0.15) is 20.7 Å². The smallest absolute Gasteiger partial charge is 0.339 e. The molecule has 2 N–H and O–H groups in total. The molecule has 0 saturated carbocycles. The molecule has 1 heterocycles. The van der Waals surface area contributed by atoms with Crippen molar-refractivity contribution in [2.75, 3.05) is 12.4 Å². The van der Waals surface area contributed by atoms with Crippen molar-refractivity contribution in [2.24, 2.45) is 0 Å². The van der Waals surface area contributed by atoms with Gasteiger partial charge in [-0.05, 0) is 18.2 Å². The first-order chi connectivity index (χ1) is 9.63. The zero-order valence-electron chi connectivity index (χ0n) is 10.7. The number of rotatable bonds is 3. The summed E-state index contributed by atoms with van der Waals surface area (Å²) in [6.45, 7) is 0. The molecule has 0 bridgehead atoms. The summed E-state index contributed by atoms with van der Waals surface area (Å²) in [5.41, 5.74) is 0.608. The van der Waals surface area contributed by atoms with E-state index in [0.29, 0.717) is 5.69 Å². The molecule has 0 radical (unpaired) electrons. The van der Waals surface area contributed by atoms with Crippen molar-refractivity contribution >= 4 is 17.6 Å². The highest BCUT2D eigenvalue weighted by Crippen LogP contribution is 2.20. The number of nitrogens with one attached hydrogen (secondary N) is 1. The summed E-state index contributed by atoms with van der Waals surface area (Å²) in [4.78, 5) is 27.3. The zero-order chi connectivity index (χ0) is 14.5. The van der Waals surface area contributed by atoms with Crippen LogP contribution in [0.3, 0.4) is 0 Å². The molecule has 2 rings (SSSR count). The molecule has 0 aliphatic carbocycles. The standard InChI is InChI=1S/C14H12N2O4/c1-20-14(19)9-4-2-3-5-11(9)16-13(18)10-6-7-15-8-12(10)17/h2-8,17H,1H3,(H,16,18). The number of esters is 1. The van der Waals surface area contributed by atoms with Crippen LogP contribution in [0.15, 0.2) is 42.7 Å². The first-order valence-electron chi connectivity index (χ1n) is 5.75. The molecule has 1 aromatic carbocycles. The molecule has 0 unspecified atom stereocenters. The molecule has 0 saturated heterocycles. The third-order valence-electron chi connectivity index (χ3n) is 2.63. The minimum Gasteiger partial charge on any atom is -0.505 e. The van der Waals surface area contributed by atoms with Gasteiger partial charge in [0.25, 0.3) is 5.91 Å². The van der Waals surface area contributed by atoms with Gasteiger partial charge in [-0.1, -0.05) is 12.1 Å². The fraction of sp³-hybridized carbons (Fsp3) is 0.0714. The molecule has 6 nitrogen and oxygen atoms in total. The highest BCUT2D eigenvalue weighted by molar-refractivity contribution is 6.09. The number of aromatic nitrogens is 1. The van der Waals surface area contributed by atoms with E-state index in [4.69, 9.17) is 0 Å². The van der Waals surface area contributed by atoms with Gasteiger partial charge in [-0.2, -0.15) is 0 Å². The van der Waals surface area contributed by atoms with Gasteiger partial charge in [0.1, 0.15) is 5.75 Å². The summed E-state index contributed by atoms with van der Waals surface area (Å²) in [5.74, 6) is -1.33. The average molecular weight is 272 g/mol. The Bertz CT molecular complexity index is 655. The number of methoxy groups -OCH3 is 1. The highest BCUT2D eigenvalue weighted by atomic mass is 16.5. The van der Waals surface area contributed by atoms with Crippen molar-refractivity contribution in [2.45, 2.75) is 0 Å². The number of amides is 1. The second-order valence-electron chi connectivity index (χ2n) is 3.88. The predicted molar refractivity (Wildman–Crippen MR) is 71.6 cm³/mol. The van der Waals surface area contributed by atoms with Crippen LogP contribution in [0.25, 0.3) is 0 Å². The molecule has 1 amide bonds. The summed E-state index contributed by atoms with van der Waals surface area (Å²) >= 11 is 0. The van der Waals surface area contributed by atoms with E-state index in [1.54, 1.807) is 18.2 Å². The Morgan fingerprint density at radius 2 is 1.95 bits per heavy atom. The van der Waals surface area contributed by atoms with Crippen molar-refractivity contribution in [3.8, 4) is 5.75 Å². The molecule has 1 aromatic heterocycles. The van der Waals surface area contributed by atoms with Crippen LogP contribution in [0, 0.1) is 0 Å². The fourth-order valence-electron chi connectivity index (χ4n) is 1.65. The minimum atomic E-state index is -0.556. The lowest BCUT2D eigenvalue weighted by Crippen LogP contribution is -2.15. The topological polar surface area (TPSA) is 88.5 Å². The second kappa shape index (κ2) is 5.83. The van der Waals surface area contributed by atoms with Crippen molar-refractivity contribution in [3.05, 3.63) is 53.9 Å². The van der Waals surface area contributed by atoms with Crippen LogP contribution in [-0.2, 0) is 4.74 Å². The highest BCUT2D eigenvalue weighted by Gasteiger charge is 2.16. The van der Waals surface area contributed by atoms with Gasteiger partial charge >= 0.3 is 5.97 Å². The van der Waals surface area contributed by atoms with Crippen LogP contribution in [0.4, 0.5) is 5.69 Å². The molecule has 0 aliphatic rings. The predicted octanol–water partition coefficient (Wildman–Crippen LogP) is 1.83. The van der Waals surface area contributed by atoms with E-state index in [0.717, 1.165) is 0 Å². The maximum atomic E-state index is 12.0. The summed E-state index contributed by atoms with van der Waals surface area (Å²) < 4.78 is 4.64. The van der Waals surface area contributed by atoms with Crippen molar-refractivity contribution in [1.29, 1.82) is 0 Å². The molecule has 2 aromatic rings. The molecule has 0 aliphatic heterocycles. The number of ether oxygens (including phenoxy) is 1. The first-order valence-corrected chi connectivity index (χ1v) is 5.75. The number of para-hydroxylation sites is 1. The van der Waals surface area contributed by atoms with Crippen LogP contribution in [0.2, 0.25) is 0 Å². The Hall–Kier alpha value is -2.89. The van der Waals surface area contributed by atoms with Gasteiger partial charge in [-0.15, -0.1) is 0 Å². The van der Waals surface area contributed by atoms with E-state index < -0.39 is 11.9 Å². The lowest BCUT2D eigenvalue weighted by atomic mass is 10.1. The van der Waals surface area contributed by atoms with E-state index in [1.165, 1.54) is 31.6 Å². The molecule has 0 atom stereocenters. The quantitative estimate of drug-likeness (QED) is 0.832. The zero-order valence-corrected chi connectivity index (χ0v) is 10.7. The Kier molecular flexibility index (Phi) is 3.95. The number of aromatic hydroxyl groups is 1. The van der Waals surface area contributed by atoms with Crippen LogP contribution < -0.4 is 5.32 Å². The lowest BCUT2D eigenvalue weighted by Gasteiger charge is -2.10. The Morgan fingerprint density at radius 3 is 2.65 bits per heavy atom. The Morgan fingerprint density at radius 1 is 1.20 bits per heavy atom. The number of benzene rings is 1. The van der Waals surface area contributed by atoms with E-state index in [2.05, 4.69) is 15.0 Å². The van der Waals surface area contributed by atoms with Gasteiger partial charge < -0.3 is 15.2 Å². The van der Waals surface area contributed by atoms with Gasteiger partial charge in [0.05, 0.1) is 30.1 Å². The van der Waals surface area contributed by atoms with Crippen LogP contribution in [-0.4, -0.2) is 29.1 Å². The normalized spacial score (nSPS) is 9.85. The maximum absolute atomic E-state index is 12.0. The number of hydrogen-bond donors (Lipinski definition) is 2. The molecule has 0 fully saturated rings. The van der Waals surface area contributed by atoms with Gasteiger partial charge in [0, 0.05) is 6.20 Å². The van der Waals surface area contributed by atoms with Gasteiger partial charge in [-0.3, -0.25) is 9.78 Å². The summed E-state index contributed by atoms with van der Waals surface area (Å²) in [6.07, 6.45) is 2.56. The molecular formula is C14H12N2O4. The van der Waals surface area contributed by atoms with E-state index in [-0.39, 0.29) is 16.9 Å². The van der Waals surface area contributed by atoms with Gasteiger partial charge in [0.2, 0.25) is 0 Å². The summed E-state index contributed by atoms with van der Waals surface area (Å²) in [5, 5.41) is 12.1. The van der Waals surface area contributed by atoms with Crippen molar-refractivity contribution in [3.63, 3.8) is 0 Å². The summed E-state index contributed by atoms with van der Waals surface area (Å²) in [7, 11) is 1.26. The Labute approximate surface area is 115 Å². The van der Waals surface area contributed by atoms with Gasteiger partial charge in [0.15, 0.2) is 0 Å². The van der Waals surface area contributed by atoms with E-state index in [1.807, 2.05) is 0 Å². The second-order valence-corrected chi connectivity index (χ2v) is 3.88. The van der Waals surface area contributed by atoms with Crippen LogP contribution in [0.5, 0.6) is 5.75 Å². The van der Waals surface area contributed by atoms with E-state index in [9.17, 15) is 14.7 Å². The minimum absolute atomic E-state index is 0.0691. The molecule has 102 valence electrons. The lowest BCUT2D eigenvalue weighted by molar-refractivity contribution is 0.0602. The molecule has 20 heavy (non-hydrogen) atoms. The number of carbonyl (C=O) groups excluding carboxylic acids is 2.